The Morgan fingerprint density at radius 2 is 2.05 bits per heavy atom. The van der Waals surface area contributed by atoms with Gasteiger partial charge >= 0.3 is 0 Å². The second-order valence-electron chi connectivity index (χ2n) is 5.01. The van der Waals surface area contributed by atoms with Crippen molar-refractivity contribution < 1.29 is 18.3 Å². The molecule has 1 unspecified atom stereocenters. The molecule has 0 bridgehead atoms. The first kappa shape index (κ1) is 15.0. The molecule has 1 aromatic carbocycles. The average molecular weight is 297 g/mol. The number of hydrogen-bond donors (Lipinski definition) is 2. The summed E-state index contributed by atoms with van der Waals surface area (Å²) < 4.78 is 23.9. The van der Waals surface area contributed by atoms with Crippen LogP contribution in [0.2, 0.25) is 0 Å². The number of carbonyl (C=O) groups is 1. The van der Waals surface area contributed by atoms with Gasteiger partial charge in [-0.05, 0) is 30.9 Å². The van der Waals surface area contributed by atoms with Gasteiger partial charge in [0.1, 0.15) is 0 Å². The Morgan fingerprint density at radius 1 is 1.40 bits per heavy atom. The molecule has 1 aliphatic rings. The van der Waals surface area contributed by atoms with E-state index in [1.165, 1.54) is 12.1 Å². The molecule has 20 heavy (non-hydrogen) atoms. The molecular formula is C14H19NO4S. The van der Waals surface area contributed by atoms with E-state index in [1.807, 2.05) is 0 Å². The van der Waals surface area contributed by atoms with Crippen LogP contribution in [0, 0.1) is 5.92 Å². The maximum atomic E-state index is 12.1. The number of benzene rings is 1. The van der Waals surface area contributed by atoms with Gasteiger partial charge in [-0.2, -0.15) is 0 Å². The predicted molar refractivity (Wildman–Crippen MR) is 75.2 cm³/mol. The second kappa shape index (κ2) is 5.93. The maximum Gasteiger partial charge on any atom is 0.252 e. The largest absolute Gasteiger partial charge is 0.391 e. The topological polar surface area (TPSA) is 83.5 Å². The van der Waals surface area contributed by atoms with Crippen LogP contribution in [0.4, 0.5) is 0 Å². The quantitative estimate of drug-likeness (QED) is 0.820. The van der Waals surface area contributed by atoms with Crippen molar-refractivity contribution in [3.63, 3.8) is 0 Å². The van der Waals surface area contributed by atoms with Crippen molar-refractivity contribution in [2.45, 2.75) is 30.8 Å². The molecule has 0 aromatic heterocycles. The van der Waals surface area contributed by atoms with Gasteiger partial charge in [0, 0.05) is 6.54 Å². The maximum absolute atomic E-state index is 12.1. The molecule has 1 fully saturated rings. The van der Waals surface area contributed by atoms with Crippen LogP contribution >= 0.6 is 0 Å². The van der Waals surface area contributed by atoms with Crippen molar-refractivity contribution in [3.8, 4) is 0 Å². The van der Waals surface area contributed by atoms with E-state index in [2.05, 4.69) is 5.32 Å². The van der Waals surface area contributed by atoms with Gasteiger partial charge in [-0.25, -0.2) is 8.42 Å². The summed E-state index contributed by atoms with van der Waals surface area (Å²) >= 11 is 0. The van der Waals surface area contributed by atoms with Crippen LogP contribution in [-0.4, -0.2) is 37.8 Å². The lowest BCUT2D eigenvalue weighted by molar-refractivity contribution is 0.0898. The van der Waals surface area contributed by atoms with E-state index in [0.29, 0.717) is 0 Å². The Kier molecular flexibility index (Phi) is 4.45. The molecule has 1 aliphatic carbocycles. The SMILES string of the molecule is CCS(=O)(=O)c1ccccc1C(=O)NCC(O)C1CC1. The van der Waals surface area contributed by atoms with E-state index in [4.69, 9.17) is 0 Å². The number of hydrogen-bond acceptors (Lipinski definition) is 4. The Labute approximate surface area is 118 Å². The minimum atomic E-state index is -3.44. The second-order valence-corrected chi connectivity index (χ2v) is 7.26. The number of sulfone groups is 1. The summed E-state index contributed by atoms with van der Waals surface area (Å²) in [7, 11) is -3.44. The Bertz CT molecular complexity index is 593. The molecule has 2 rings (SSSR count). The molecule has 1 amide bonds. The zero-order valence-corrected chi connectivity index (χ0v) is 12.2. The van der Waals surface area contributed by atoms with Crippen LogP contribution in [0.3, 0.4) is 0 Å². The first-order valence-electron chi connectivity index (χ1n) is 6.73. The fraction of sp³-hybridized carbons (Fsp3) is 0.500. The summed E-state index contributed by atoms with van der Waals surface area (Å²) in [5, 5.41) is 12.3. The minimum Gasteiger partial charge on any atom is -0.391 e. The minimum absolute atomic E-state index is 0.0425. The van der Waals surface area contributed by atoms with Crippen LogP contribution in [0.1, 0.15) is 30.1 Å². The zero-order valence-electron chi connectivity index (χ0n) is 11.4. The first-order valence-corrected chi connectivity index (χ1v) is 8.39. The summed E-state index contributed by atoms with van der Waals surface area (Å²) in [4.78, 5) is 12.1. The lowest BCUT2D eigenvalue weighted by atomic mass is 10.2. The summed E-state index contributed by atoms with van der Waals surface area (Å²) in [6, 6.07) is 6.14. The van der Waals surface area contributed by atoms with Gasteiger partial charge in [-0.1, -0.05) is 19.1 Å². The van der Waals surface area contributed by atoms with Crippen LogP contribution < -0.4 is 5.32 Å². The van der Waals surface area contributed by atoms with Crippen molar-refractivity contribution in [1.29, 1.82) is 0 Å². The molecule has 0 radical (unpaired) electrons. The molecule has 0 saturated heterocycles. The van der Waals surface area contributed by atoms with Crippen LogP contribution in [0.25, 0.3) is 0 Å². The predicted octanol–water partition coefficient (Wildman–Crippen LogP) is 0.981. The standard InChI is InChI=1S/C14H19NO4S/c1-2-20(18,19)13-6-4-3-5-11(13)14(17)15-9-12(16)10-7-8-10/h3-6,10,12,16H,2,7-9H2,1H3,(H,15,17). The Hall–Kier alpha value is -1.40. The van der Waals surface area contributed by atoms with E-state index >= 15 is 0 Å². The van der Waals surface area contributed by atoms with Crippen molar-refractivity contribution in [2.24, 2.45) is 5.92 Å². The lowest BCUT2D eigenvalue weighted by Gasteiger charge is -2.12. The number of nitrogens with one attached hydrogen (secondary N) is 1. The van der Waals surface area contributed by atoms with E-state index < -0.39 is 21.8 Å². The van der Waals surface area contributed by atoms with E-state index in [1.54, 1.807) is 19.1 Å². The number of aliphatic hydroxyl groups excluding tert-OH is 1. The molecule has 0 aliphatic heterocycles. The Morgan fingerprint density at radius 3 is 2.65 bits per heavy atom. The molecule has 2 N–H and O–H groups in total. The third kappa shape index (κ3) is 3.37. The average Bonchev–Trinajstić information content (AvgIpc) is 3.29. The van der Waals surface area contributed by atoms with Gasteiger partial charge in [0.05, 0.1) is 22.3 Å². The molecule has 0 heterocycles. The van der Waals surface area contributed by atoms with Gasteiger partial charge in [0.2, 0.25) is 0 Å². The normalized spacial score (nSPS) is 16.7. The Balaban J connectivity index is 2.13. The monoisotopic (exact) mass is 297 g/mol. The smallest absolute Gasteiger partial charge is 0.252 e. The summed E-state index contributed by atoms with van der Waals surface area (Å²) in [6.07, 6.45) is 1.42. The molecular weight excluding hydrogens is 278 g/mol. The molecule has 1 saturated carbocycles. The van der Waals surface area contributed by atoms with Gasteiger partial charge in [0.25, 0.3) is 5.91 Å². The summed E-state index contributed by atoms with van der Waals surface area (Å²) in [5.41, 5.74) is 0.136. The first-order chi connectivity index (χ1) is 9.45. The molecule has 110 valence electrons. The van der Waals surface area contributed by atoms with Crippen molar-refractivity contribution in [1.82, 2.24) is 5.32 Å². The third-order valence-electron chi connectivity index (χ3n) is 3.48. The molecule has 5 nitrogen and oxygen atoms in total. The highest BCUT2D eigenvalue weighted by Gasteiger charge is 2.30. The van der Waals surface area contributed by atoms with E-state index in [9.17, 15) is 18.3 Å². The number of rotatable bonds is 6. The fourth-order valence-electron chi connectivity index (χ4n) is 2.02. The number of aliphatic hydroxyl groups is 1. The zero-order chi connectivity index (χ0) is 14.8. The van der Waals surface area contributed by atoms with E-state index in [-0.39, 0.29) is 28.7 Å². The van der Waals surface area contributed by atoms with Crippen LogP contribution in [-0.2, 0) is 9.84 Å². The van der Waals surface area contributed by atoms with Gasteiger partial charge in [-0.3, -0.25) is 4.79 Å². The van der Waals surface area contributed by atoms with Gasteiger partial charge in [0.15, 0.2) is 9.84 Å². The number of carbonyl (C=O) groups excluding carboxylic acids is 1. The molecule has 1 atom stereocenters. The summed E-state index contributed by atoms with van der Waals surface area (Å²) in [5.74, 6) is -0.246. The van der Waals surface area contributed by atoms with Crippen molar-refractivity contribution in [2.75, 3.05) is 12.3 Å². The highest BCUT2D eigenvalue weighted by Crippen LogP contribution is 2.32. The van der Waals surface area contributed by atoms with Crippen LogP contribution in [0.5, 0.6) is 0 Å². The summed E-state index contributed by atoms with van der Waals surface area (Å²) in [6.45, 7) is 1.70. The van der Waals surface area contributed by atoms with E-state index in [0.717, 1.165) is 12.8 Å². The highest BCUT2D eigenvalue weighted by atomic mass is 32.2. The van der Waals surface area contributed by atoms with Crippen LogP contribution in [0.15, 0.2) is 29.2 Å². The molecule has 6 heteroatoms. The van der Waals surface area contributed by atoms with Gasteiger partial charge < -0.3 is 10.4 Å². The van der Waals surface area contributed by atoms with Crippen molar-refractivity contribution in [3.05, 3.63) is 29.8 Å². The highest BCUT2D eigenvalue weighted by molar-refractivity contribution is 7.91. The number of amides is 1. The molecule has 1 aromatic rings. The fourth-order valence-corrected chi connectivity index (χ4v) is 3.11. The lowest BCUT2D eigenvalue weighted by Crippen LogP contribution is -2.33. The van der Waals surface area contributed by atoms with Crippen molar-refractivity contribution >= 4 is 15.7 Å². The third-order valence-corrected chi connectivity index (χ3v) is 5.27. The van der Waals surface area contributed by atoms with Gasteiger partial charge in [-0.15, -0.1) is 0 Å². The molecule has 0 spiro atoms.